The number of hydrogen-bond donors (Lipinski definition) is 1. The quantitative estimate of drug-likeness (QED) is 0.902. The van der Waals surface area contributed by atoms with E-state index in [1.54, 1.807) is 0 Å². The van der Waals surface area contributed by atoms with Crippen LogP contribution < -0.4 is 5.32 Å². The van der Waals surface area contributed by atoms with Crippen LogP contribution in [0, 0.1) is 5.92 Å². The number of benzene rings is 1. The fourth-order valence-electron chi connectivity index (χ4n) is 3.51. The van der Waals surface area contributed by atoms with E-state index in [1.165, 1.54) is 5.56 Å². The molecule has 1 heterocycles. The molecule has 2 rings (SSSR count). The molecule has 3 atom stereocenters. The second-order valence-corrected chi connectivity index (χ2v) is 6.44. The molecule has 0 aromatic heterocycles. The number of nitrogens with one attached hydrogen (secondary N) is 1. The molecule has 0 bridgehead atoms. The maximum atomic E-state index is 5.82. The third kappa shape index (κ3) is 4.29. The third-order valence-corrected chi connectivity index (χ3v) is 4.40. The Morgan fingerprint density at radius 1 is 1.24 bits per heavy atom. The van der Waals surface area contributed by atoms with Crippen LogP contribution in [0.5, 0.6) is 0 Å². The Morgan fingerprint density at radius 3 is 2.57 bits per heavy atom. The van der Waals surface area contributed by atoms with Gasteiger partial charge in [-0.15, -0.1) is 0 Å². The number of nitrogens with zero attached hydrogens (tertiary/aromatic N) is 1. The summed E-state index contributed by atoms with van der Waals surface area (Å²) in [5.41, 5.74) is 1.37. The summed E-state index contributed by atoms with van der Waals surface area (Å²) in [6.07, 6.45) is 1.45. The Kier molecular flexibility index (Phi) is 6.22. The molecule has 0 radical (unpaired) electrons. The molecule has 3 nitrogen and oxygen atoms in total. The van der Waals surface area contributed by atoms with Crippen molar-refractivity contribution in [2.75, 3.05) is 26.7 Å². The van der Waals surface area contributed by atoms with Gasteiger partial charge in [-0.2, -0.15) is 0 Å². The van der Waals surface area contributed by atoms with E-state index >= 15 is 0 Å². The van der Waals surface area contributed by atoms with Gasteiger partial charge in [0.05, 0.1) is 6.10 Å². The Morgan fingerprint density at radius 2 is 1.95 bits per heavy atom. The van der Waals surface area contributed by atoms with Crippen LogP contribution in [0.3, 0.4) is 0 Å². The van der Waals surface area contributed by atoms with Crippen molar-refractivity contribution in [2.45, 2.75) is 45.4 Å². The highest BCUT2D eigenvalue weighted by molar-refractivity contribution is 5.21. The maximum absolute atomic E-state index is 5.82. The molecule has 118 valence electrons. The van der Waals surface area contributed by atoms with Crippen LogP contribution in [0.25, 0.3) is 0 Å². The summed E-state index contributed by atoms with van der Waals surface area (Å²) in [6.45, 7) is 9.87. The zero-order valence-electron chi connectivity index (χ0n) is 13.9. The average Bonchev–Trinajstić information content (AvgIpc) is 2.69. The van der Waals surface area contributed by atoms with E-state index in [0.29, 0.717) is 24.1 Å². The summed E-state index contributed by atoms with van der Waals surface area (Å²) in [7, 11) is 2.07. The minimum absolute atomic E-state index is 0.321. The van der Waals surface area contributed by atoms with Gasteiger partial charge in [0.1, 0.15) is 0 Å². The van der Waals surface area contributed by atoms with Gasteiger partial charge in [0.15, 0.2) is 0 Å². The van der Waals surface area contributed by atoms with E-state index in [-0.39, 0.29) is 0 Å². The first-order valence-corrected chi connectivity index (χ1v) is 8.21. The zero-order valence-corrected chi connectivity index (χ0v) is 13.9. The molecule has 21 heavy (non-hydrogen) atoms. The maximum Gasteiger partial charge on any atom is 0.0674 e. The van der Waals surface area contributed by atoms with Crippen LogP contribution in [0.2, 0.25) is 0 Å². The summed E-state index contributed by atoms with van der Waals surface area (Å²) in [6, 6.07) is 11.7. The molecular formula is C18H30N2O. The summed E-state index contributed by atoms with van der Waals surface area (Å²) in [5.74, 6) is 0.591. The smallest absolute Gasteiger partial charge is 0.0674 e. The molecule has 1 N–H and O–H groups in total. The fourth-order valence-corrected chi connectivity index (χ4v) is 3.51. The first-order valence-electron chi connectivity index (χ1n) is 8.21. The highest BCUT2D eigenvalue weighted by Gasteiger charge is 2.32. The molecule has 1 aliphatic heterocycles. The number of hydrogen-bond acceptors (Lipinski definition) is 3. The van der Waals surface area contributed by atoms with Crippen molar-refractivity contribution in [1.29, 1.82) is 0 Å². The number of rotatable bonds is 5. The third-order valence-electron chi connectivity index (χ3n) is 4.40. The molecule has 1 aromatic rings. The summed E-state index contributed by atoms with van der Waals surface area (Å²) >= 11 is 0. The standard InChI is InChI=1S/C18H30N2O/c1-14(2)18(20-11-8-12-21-15(3)13-20)17(19-4)16-9-6-5-7-10-16/h5-7,9-10,14-15,17-19H,8,11-13H2,1-4H3. The van der Waals surface area contributed by atoms with Crippen molar-refractivity contribution in [2.24, 2.45) is 5.92 Å². The molecule has 3 heteroatoms. The monoisotopic (exact) mass is 290 g/mol. The normalized spacial score (nSPS) is 23.8. The lowest BCUT2D eigenvalue weighted by atomic mass is 9.89. The van der Waals surface area contributed by atoms with E-state index < -0.39 is 0 Å². The summed E-state index contributed by atoms with van der Waals surface area (Å²) in [4.78, 5) is 2.62. The van der Waals surface area contributed by atoms with Gasteiger partial charge in [0.25, 0.3) is 0 Å². The number of likely N-dealkylation sites (N-methyl/N-ethyl adjacent to an activating group) is 1. The van der Waals surface area contributed by atoms with Gasteiger partial charge < -0.3 is 10.1 Å². The van der Waals surface area contributed by atoms with Crippen LogP contribution >= 0.6 is 0 Å². The van der Waals surface area contributed by atoms with E-state index in [4.69, 9.17) is 4.74 Å². The lowest BCUT2D eigenvalue weighted by Crippen LogP contribution is -2.49. The minimum atomic E-state index is 0.321. The van der Waals surface area contributed by atoms with Crippen LogP contribution in [0.15, 0.2) is 30.3 Å². The summed E-state index contributed by atoms with van der Waals surface area (Å²) in [5, 5.41) is 3.55. The lowest BCUT2D eigenvalue weighted by molar-refractivity contribution is 0.0485. The van der Waals surface area contributed by atoms with Crippen LogP contribution in [-0.4, -0.2) is 43.8 Å². The van der Waals surface area contributed by atoms with E-state index in [0.717, 1.165) is 26.1 Å². The fraction of sp³-hybridized carbons (Fsp3) is 0.667. The van der Waals surface area contributed by atoms with Crippen molar-refractivity contribution in [3.05, 3.63) is 35.9 Å². The SMILES string of the molecule is CNC(c1ccccc1)C(C(C)C)N1CCCOC(C)C1. The van der Waals surface area contributed by atoms with Gasteiger partial charge in [-0.05, 0) is 31.9 Å². The average molecular weight is 290 g/mol. The van der Waals surface area contributed by atoms with Crippen molar-refractivity contribution in [1.82, 2.24) is 10.2 Å². The number of ether oxygens (including phenoxy) is 1. The van der Waals surface area contributed by atoms with Crippen LogP contribution in [0.1, 0.15) is 38.8 Å². The first kappa shape index (κ1) is 16.5. The van der Waals surface area contributed by atoms with E-state index in [9.17, 15) is 0 Å². The molecule has 1 fully saturated rings. The minimum Gasteiger partial charge on any atom is -0.377 e. The molecule has 1 aliphatic rings. The van der Waals surface area contributed by atoms with Crippen LogP contribution in [0.4, 0.5) is 0 Å². The van der Waals surface area contributed by atoms with Crippen molar-refractivity contribution in [3.63, 3.8) is 0 Å². The molecule has 1 aromatic carbocycles. The second-order valence-electron chi connectivity index (χ2n) is 6.44. The zero-order chi connectivity index (χ0) is 15.2. The van der Waals surface area contributed by atoms with Crippen molar-refractivity contribution in [3.8, 4) is 0 Å². The highest BCUT2D eigenvalue weighted by atomic mass is 16.5. The van der Waals surface area contributed by atoms with Crippen LogP contribution in [-0.2, 0) is 4.74 Å². The predicted molar refractivity (Wildman–Crippen MR) is 88.5 cm³/mol. The first-order chi connectivity index (χ1) is 10.1. The topological polar surface area (TPSA) is 24.5 Å². The molecular weight excluding hydrogens is 260 g/mol. The summed E-state index contributed by atoms with van der Waals surface area (Å²) < 4.78 is 5.82. The largest absolute Gasteiger partial charge is 0.377 e. The molecule has 1 saturated heterocycles. The van der Waals surface area contributed by atoms with Gasteiger partial charge in [-0.3, -0.25) is 4.90 Å². The molecule has 0 saturated carbocycles. The van der Waals surface area contributed by atoms with E-state index in [1.807, 2.05) is 0 Å². The molecule has 0 aliphatic carbocycles. The van der Waals surface area contributed by atoms with Gasteiger partial charge in [-0.25, -0.2) is 0 Å². The van der Waals surface area contributed by atoms with Gasteiger partial charge in [-0.1, -0.05) is 44.2 Å². The van der Waals surface area contributed by atoms with E-state index in [2.05, 4.69) is 68.4 Å². The van der Waals surface area contributed by atoms with Gasteiger partial charge >= 0.3 is 0 Å². The lowest BCUT2D eigenvalue weighted by Gasteiger charge is -2.40. The predicted octanol–water partition coefficient (Wildman–Crippen LogP) is 3.08. The molecule has 0 amide bonds. The molecule has 0 spiro atoms. The Hall–Kier alpha value is -0.900. The Bertz CT molecular complexity index is 407. The Labute approximate surface area is 129 Å². The second kappa shape index (κ2) is 7.92. The van der Waals surface area contributed by atoms with Gasteiger partial charge in [0.2, 0.25) is 0 Å². The van der Waals surface area contributed by atoms with Crippen molar-refractivity contribution >= 4 is 0 Å². The van der Waals surface area contributed by atoms with Gasteiger partial charge in [0, 0.05) is 31.8 Å². The van der Waals surface area contributed by atoms with Crippen molar-refractivity contribution < 1.29 is 4.74 Å². The molecule has 3 unspecified atom stereocenters. The highest BCUT2D eigenvalue weighted by Crippen LogP contribution is 2.27. The Balaban J connectivity index is 2.23.